The number of halogens is 1. The summed E-state index contributed by atoms with van der Waals surface area (Å²) < 4.78 is 35.1. The smallest absolute Gasteiger partial charge is 0.193 e. The lowest BCUT2D eigenvalue weighted by Crippen LogP contribution is -2.57. The van der Waals surface area contributed by atoms with Crippen LogP contribution < -0.4 is 5.32 Å². The lowest BCUT2D eigenvalue weighted by Gasteiger charge is -2.39. The van der Waals surface area contributed by atoms with Crippen LogP contribution in [-0.4, -0.2) is 71.2 Å². The molecule has 1 unspecified atom stereocenters. The number of rotatable bonds is 3. The summed E-state index contributed by atoms with van der Waals surface area (Å²) in [4.78, 5) is 6.18. The van der Waals surface area contributed by atoms with Gasteiger partial charge in [0.2, 0.25) is 0 Å². The van der Waals surface area contributed by atoms with E-state index in [4.69, 9.17) is 0 Å². The molecule has 1 aliphatic rings. The molecule has 0 amide bonds. The van der Waals surface area contributed by atoms with Gasteiger partial charge in [-0.15, -0.1) is 24.0 Å². The molecule has 0 bridgehead atoms. The number of sulfone groups is 1. The van der Waals surface area contributed by atoms with Gasteiger partial charge in [-0.3, -0.25) is 9.20 Å². The molecule has 0 radical (unpaired) electrons. The average Bonchev–Trinajstić information content (AvgIpc) is 2.37. The lowest BCUT2D eigenvalue weighted by molar-refractivity contribution is 0.354. The number of hydrogen-bond donors (Lipinski definition) is 1. The topological polar surface area (TPSA) is 78.8 Å². The van der Waals surface area contributed by atoms with Gasteiger partial charge in [0.1, 0.15) is 0 Å². The summed E-state index contributed by atoms with van der Waals surface area (Å²) in [7, 11) is -2.30. The van der Waals surface area contributed by atoms with E-state index in [0.29, 0.717) is 31.3 Å². The Morgan fingerprint density at radius 3 is 2.35 bits per heavy atom. The first-order valence-electron chi connectivity index (χ1n) is 7.47. The highest BCUT2D eigenvalue weighted by Crippen LogP contribution is 2.23. The van der Waals surface area contributed by atoms with E-state index >= 15 is 0 Å². The van der Waals surface area contributed by atoms with Gasteiger partial charge in [-0.05, 0) is 34.6 Å². The van der Waals surface area contributed by atoms with Gasteiger partial charge >= 0.3 is 0 Å². The van der Waals surface area contributed by atoms with E-state index in [1.807, 2.05) is 25.7 Å². The SMILES string of the molecule is CN=C(NCCS(=O)C(C)(C)C)N1CCS(=O)(=O)C(C)(C)C1.I. The fourth-order valence-corrected chi connectivity index (χ4v) is 4.48. The third-order valence-corrected chi connectivity index (χ3v) is 8.28. The predicted octanol–water partition coefficient (Wildman–Crippen LogP) is 1.24. The minimum Gasteiger partial charge on any atom is -0.355 e. The Balaban J connectivity index is 0.00000484. The Kier molecular flexibility index (Phi) is 8.50. The normalized spacial score (nSPS) is 22.2. The lowest BCUT2D eigenvalue weighted by atomic mass is 10.2. The summed E-state index contributed by atoms with van der Waals surface area (Å²) in [6.07, 6.45) is 0. The van der Waals surface area contributed by atoms with Gasteiger partial charge in [-0.25, -0.2) is 8.42 Å². The third kappa shape index (κ3) is 6.15. The minimum atomic E-state index is -3.06. The van der Waals surface area contributed by atoms with E-state index in [9.17, 15) is 12.6 Å². The summed E-state index contributed by atoms with van der Waals surface area (Å²) >= 11 is 0. The second-order valence-corrected chi connectivity index (χ2v) is 12.2. The maximum atomic E-state index is 12.0. The second-order valence-electron chi connectivity index (χ2n) is 7.14. The molecule has 1 rings (SSSR count). The Morgan fingerprint density at radius 1 is 1.35 bits per heavy atom. The number of nitrogens with zero attached hydrogens (tertiary/aromatic N) is 2. The van der Waals surface area contributed by atoms with Crippen molar-refractivity contribution >= 4 is 50.6 Å². The molecule has 1 saturated heterocycles. The van der Waals surface area contributed by atoms with Crippen LogP contribution in [0.15, 0.2) is 4.99 Å². The summed E-state index contributed by atoms with van der Waals surface area (Å²) in [5.74, 6) is 1.35. The standard InChI is InChI=1S/C14H29N3O3S2.HI/c1-13(2,3)21(18)9-7-16-12(15-6)17-8-10-22(19,20)14(4,5)11-17;/h7-11H2,1-6H3,(H,15,16);1H. The maximum Gasteiger partial charge on any atom is 0.193 e. The van der Waals surface area contributed by atoms with Crippen molar-refractivity contribution in [3.8, 4) is 0 Å². The Labute approximate surface area is 160 Å². The number of hydrogen-bond acceptors (Lipinski definition) is 4. The fraction of sp³-hybridized carbons (Fsp3) is 0.929. The zero-order chi connectivity index (χ0) is 17.2. The molecular weight excluding hydrogens is 449 g/mol. The van der Waals surface area contributed by atoms with Gasteiger partial charge in [0.05, 0.1) is 10.5 Å². The van der Waals surface area contributed by atoms with Crippen LogP contribution in [0.25, 0.3) is 0 Å². The Hall–Kier alpha value is 0.1000. The van der Waals surface area contributed by atoms with Gasteiger partial charge in [0.15, 0.2) is 15.8 Å². The first-order chi connectivity index (χ1) is 9.90. The van der Waals surface area contributed by atoms with Crippen LogP contribution in [0, 0.1) is 0 Å². The van der Waals surface area contributed by atoms with Crippen molar-refractivity contribution in [1.29, 1.82) is 0 Å². The van der Waals surface area contributed by atoms with Gasteiger partial charge in [0, 0.05) is 48.0 Å². The summed E-state index contributed by atoms with van der Waals surface area (Å²) in [6.45, 7) is 10.8. The van der Waals surface area contributed by atoms with Gasteiger partial charge in [0.25, 0.3) is 0 Å². The van der Waals surface area contributed by atoms with Crippen LogP contribution >= 0.6 is 24.0 Å². The van der Waals surface area contributed by atoms with E-state index in [0.717, 1.165) is 0 Å². The Morgan fingerprint density at radius 2 is 1.91 bits per heavy atom. The molecule has 0 saturated carbocycles. The maximum absolute atomic E-state index is 12.0. The Bertz CT molecular complexity index is 554. The van der Waals surface area contributed by atoms with Gasteiger partial charge in [-0.2, -0.15) is 0 Å². The zero-order valence-electron chi connectivity index (χ0n) is 14.9. The summed E-state index contributed by atoms with van der Waals surface area (Å²) in [6, 6.07) is 0. The number of nitrogens with one attached hydrogen (secondary N) is 1. The number of guanidine groups is 1. The van der Waals surface area contributed by atoms with Crippen molar-refractivity contribution in [3.05, 3.63) is 0 Å². The van der Waals surface area contributed by atoms with Crippen LogP contribution in [-0.2, 0) is 20.6 Å². The summed E-state index contributed by atoms with van der Waals surface area (Å²) in [5.41, 5.74) is 0. The molecule has 23 heavy (non-hydrogen) atoms. The molecule has 0 aromatic heterocycles. The molecule has 9 heteroatoms. The predicted molar refractivity (Wildman–Crippen MR) is 109 cm³/mol. The highest BCUT2D eigenvalue weighted by molar-refractivity contribution is 14.0. The van der Waals surface area contributed by atoms with Crippen molar-refractivity contribution < 1.29 is 12.6 Å². The molecule has 1 heterocycles. The minimum absolute atomic E-state index is 0. The highest BCUT2D eigenvalue weighted by Gasteiger charge is 2.40. The van der Waals surface area contributed by atoms with Crippen molar-refractivity contribution in [2.45, 2.75) is 44.1 Å². The van der Waals surface area contributed by atoms with Crippen LogP contribution in [0.4, 0.5) is 0 Å². The molecule has 0 aliphatic carbocycles. The van der Waals surface area contributed by atoms with E-state index in [-0.39, 0.29) is 34.5 Å². The molecule has 0 aromatic rings. The van der Waals surface area contributed by atoms with Crippen LogP contribution in [0.1, 0.15) is 34.6 Å². The van der Waals surface area contributed by atoms with Gasteiger partial charge in [-0.1, -0.05) is 0 Å². The molecule has 1 atom stereocenters. The van der Waals surface area contributed by atoms with E-state index in [2.05, 4.69) is 10.3 Å². The monoisotopic (exact) mass is 479 g/mol. The average molecular weight is 479 g/mol. The van der Waals surface area contributed by atoms with Crippen molar-refractivity contribution in [1.82, 2.24) is 10.2 Å². The van der Waals surface area contributed by atoms with Crippen molar-refractivity contribution in [3.63, 3.8) is 0 Å². The van der Waals surface area contributed by atoms with Crippen LogP contribution in [0.2, 0.25) is 0 Å². The highest BCUT2D eigenvalue weighted by atomic mass is 127. The fourth-order valence-electron chi connectivity index (χ4n) is 2.22. The molecule has 1 aliphatic heterocycles. The van der Waals surface area contributed by atoms with Gasteiger partial charge < -0.3 is 10.2 Å². The van der Waals surface area contributed by atoms with Crippen LogP contribution in [0.5, 0.6) is 0 Å². The number of aliphatic imine (C=N–C) groups is 1. The molecule has 0 aromatic carbocycles. The summed E-state index contributed by atoms with van der Waals surface area (Å²) in [5, 5.41) is 3.20. The first kappa shape index (κ1) is 23.1. The zero-order valence-corrected chi connectivity index (χ0v) is 18.8. The molecule has 6 nitrogen and oxygen atoms in total. The molecule has 138 valence electrons. The van der Waals surface area contributed by atoms with E-state index in [1.165, 1.54) is 0 Å². The van der Waals surface area contributed by atoms with E-state index in [1.54, 1.807) is 20.9 Å². The first-order valence-corrected chi connectivity index (χ1v) is 10.4. The third-order valence-electron chi connectivity index (χ3n) is 3.81. The quantitative estimate of drug-likeness (QED) is 0.375. The molecule has 0 spiro atoms. The van der Waals surface area contributed by atoms with Crippen LogP contribution in [0.3, 0.4) is 0 Å². The van der Waals surface area contributed by atoms with Crippen molar-refractivity contribution in [2.24, 2.45) is 4.99 Å². The molecule has 1 fully saturated rings. The molecular formula is C14H30IN3O3S2. The molecule has 1 N–H and O–H groups in total. The van der Waals surface area contributed by atoms with E-state index < -0.39 is 25.4 Å². The van der Waals surface area contributed by atoms with Crippen molar-refractivity contribution in [2.75, 3.05) is 38.2 Å². The largest absolute Gasteiger partial charge is 0.355 e. The second kappa shape index (κ2) is 8.46.